The normalized spacial score (nSPS) is 18.8. The number of aryl methyl sites for hydroxylation is 2. The van der Waals surface area contributed by atoms with Crippen molar-refractivity contribution >= 4 is 16.6 Å². The third kappa shape index (κ3) is 1.70. The molecule has 2 aliphatic rings. The number of aliphatic imine (C=N–C) groups is 1. The smallest absolute Gasteiger partial charge is 0.123 e. The lowest BCUT2D eigenvalue weighted by Crippen LogP contribution is -2.08. The van der Waals surface area contributed by atoms with Crippen LogP contribution in [0.1, 0.15) is 40.4 Å². The van der Waals surface area contributed by atoms with Crippen molar-refractivity contribution in [3.8, 4) is 5.75 Å². The predicted molar refractivity (Wildman–Crippen MR) is 97.4 cm³/mol. The molecule has 0 saturated carbocycles. The molecule has 0 aliphatic carbocycles. The van der Waals surface area contributed by atoms with E-state index in [2.05, 4.69) is 35.8 Å². The third-order valence-corrected chi connectivity index (χ3v) is 5.53. The van der Waals surface area contributed by atoms with E-state index in [1.807, 2.05) is 19.1 Å². The fourth-order valence-corrected chi connectivity index (χ4v) is 4.39. The quantitative estimate of drug-likeness (QED) is 0.714. The number of nitrogens with zero attached hydrogens (tertiary/aromatic N) is 2. The highest BCUT2D eigenvalue weighted by Crippen LogP contribution is 2.44. The minimum atomic E-state index is 0.134. The fraction of sp³-hybridized carbons (Fsp3) is 0.286. The van der Waals surface area contributed by atoms with Gasteiger partial charge in [-0.15, -0.1) is 0 Å². The van der Waals surface area contributed by atoms with E-state index in [4.69, 9.17) is 4.99 Å². The summed E-state index contributed by atoms with van der Waals surface area (Å²) in [6.45, 7) is 4.98. The third-order valence-electron chi connectivity index (χ3n) is 5.53. The van der Waals surface area contributed by atoms with Crippen LogP contribution in [0.3, 0.4) is 0 Å². The lowest BCUT2D eigenvalue weighted by molar-refractivity contribution is 0.454. The molecule has 3 aromatic rings. The number of para-hydroxylation sites is 1. The van der Waals surface area contributed by atoms with Gasteiger partial charge in [0.05, 0.1) is 17.4 Å². The Morgan fingerprint density at radius 1 is 1.17 bits per heavy atom. The first-order valence-corrected chi connectivity index (χ1v) is 8.60. The number of hydrogen-bond acceptors (Lipinski definition) is 2. The van der Waals surface area contributed by atoms with Crippen LogP contribution in [0.15, 0.2) is 41.4 Å². The van der Waals surface area contributed by atoms with Gasteiger partial charge >= 0.3 is 0 Å². The topological polar surface area (TPSA) is 37.5 Å². The zero-order valence-corrected chi connectivity index (χ0v) is 14.0. The summed E-state index contributed by atoms with van der Waals surface area (Å²) in [7, 11) is 0. The number of phenolic OH excluding ortho intramolecular Hbond substituents is 1. The van der Waals surface area contributed by atoms with Crippen LogP contribution >= 0.6 is 0 Å². The Bertz CT molecular complexity index is 1030. The lowest BCUT2D eigenvalue weighted by atomic mass is 9.96. The molecule has 0 fully saturated rings. The molecule has 5 rings (SSSR count). The monoisotopic (exact) mass is 316 g/mol. The second kappa shape index (κ2) is 4.73. The summed E-state index contributed by atoms with van der Waals surface area (Å²) in [5, 5.41) is 12.0. The summed E-state index contributed by atoms with van der Waals surface area (Å²) in [5.41, 5.74) is 8.42. The first kappa shape index (κ1) is 13.8. The van der Waals surface area contributed by atoms with Crippen LogP contribution in [0.4, 0.5) is 0 Å². The molecule has 3 heteroatoms. The second-order valence-corrected chi connectivity index (χ2v) is 7.03. The molecule has 0 amide bonds. The maximum Gasteiger partial charge on any atom is 0.123 e. The molecule has 0 saturated heterocycles. The van der Waals surface area contributed by atoms with Crippen LogP contribution in [0.5, 0.6) is 5.75 Å². The molecule has 1 aromatic heterocycles. The molecular weight excluding hydrogens is 296 g/mol. The molecule has 24 heavy (non-hydrogen) atoms. The molecule has 0 spiro atoms. The minimum absolute atomic E-state index is 0.134. The molecule has 1 unspecified atom stereocenters. The van der Waals surface area contributed by atoms with E-state index < -0.39 is 0 Å². The fourth-order valence-electron chi connectivity index (χ4n) is 4.39. The largest absolute Gasteiger partial charge is 0.507 e. The molecule has 2 aromatic carbocycles. The van der Waals surface area contributed by atoms with Crippen LogP contribution in [0.2, 0.25) is 0 Å². The van der Waals surface area contributed by atoms with E-state index in [0.717, 1.165) is 30.5 Å². The number of fused-ring (bicyclic) bond motifs is 3. The van der Waals surface area contributed by atoms with Gasteiger partial charge in [-0.3, -0.25) is 4.99 Å². The van der Waals surface area contributed by atoms with Crippen LogP contribution in [0.25, 0.3) is 10.9 Å². The zero-order chi connectivity index (χ0) is 16.4. The summed E-state index contributed by atoms with van der Waals surface area (Å²) in [6.07, 6.45) is 1.89. The van der Waals surface area contributed by atoms with Crippen molar-refractivity contribution in [1.82, 2.24) is 4.57 Å². The number of hydrogen-bond donors (Lipinski definition) is 1. The van der Waals surface area contributed by atoms with Gasteiger partial charge in [-0.1, -0.05) is 30.3 Å². The number of phenols is 1. The van der Waals surface area contributed by atoms with Gasteiger partial charge < -0.3 is 9.67 Å². The molecule has 2 aliphatic heterocycles. The Morgan fingerprint density at radius 3 is 2.92 bits per heavy atom. The first-order chi connectivity index (χ1) is 11.6. The molecule has 0 radical (unpaired) electrons. The minimum Gasteiger partial charge on any atom is -0.507 e. The highest BCUT2D eigenvalue weighted by molar-refractivity contribution is 6.09. The Morgan fingerprint density at radius 2 is 2.04 bits per heavy atom. The highest BCUT2D eigenvalue weighted by Gasteiger charge is 2.36. The number of benzene rings is 2. The van der Waals surface area contributed by atoms with Crippen LogP contribution in [0, 0.1) is 13.8 Å². The van der Waals surface area contributed by atoms with Crippen molar-refractivity contribution in [2.24, 2.45) is 4.99 Å². The van der Waals surface area contributed by atoms with Gasteiger partial charge in [0.15, 0.2) is 0 Å². The van der Waals surface area contributed by atoms with Crippen LogP contribution < -0.4 is 0 Å². The van der Waals surface area contributed by atoms with Crippen molar-refractivity contribution in [2.75, 3.05) is 6.54 Å². The maximum atomic E-state index is 10.6. The van der Waals surface area contributed by atoms with E-state index in [-0.39, 0.29) is 6.04 Å². The van der Waals surface area contributed by atoms with Crippen molar-refractivity contribution < 1.29 is 5.11 Å². The van der Waals surface area contributed by atoms with E-state index in [1.165, 1.54) is 33.4 Å². The van der Waals surface area contributed by atoms with Crippen molar-refractivity contribution in [3.05, 3.63) is 64.3 Å². The van der Waals surface area contributed by atoms with Crippen LogP contribution in [-0.4, -0.2) is 21.9 Å². The van der Waals surface area contributed by atoms with Gasteiger partial charge in [0.25, 0.3) is 0 Å². The van der Waals surface area contributed by atoms with Gasteiger partial charge in [-0.05, 0) is 43.0 Å². The van der Waals surface area contributed by atoms with Gasteiger partial charge in [0.1, 0.15) is 5.75 Å². The van der Waals surface area contributed by atoms with Crippen molar-refractivity contribution in [2.45, 2.75) is 32.7 Å². The Kier molecular flexibility index (Phi) is 2.73. The number of rotatable bonds is 1. The zero-order valence-electron chi connectivity index (χ0n) is 14.0. The number of aromatic nitrogens is 1. The molecule has 3 nitrogen and oxygen atoms in total. The SMILES string of the molecule is Cc1ccc2c3c4n(c2c1)C(c1cccc(C)c1O)CC4=NCC3. The second-order valence-electron chi connectivity index (χ2n) is 7.03. The van der Waals surface area contributed by atoms with Crippen molar-refractivity contribution in [3.63, 3.8) is 0 Å². The summed E-state index contributed by atoms with van der Waals surface area (Å²) in [5.74, 6) is 0.421. The first-order valence-electron chi connectivity index (χ1n) is 8.60. The summed E-state index contributed by atoms with van der Waals surface area (Å²) >= 11 is 0. The molecular formula is C21H20N2O. The molecule has 3 heterocycles. The van der Waals surface area contributed by atoms with Gasteiger partial charge in [0, 0.05) is 29.4 Å². The lowest BCUT2D eigenvalue weighted by Gasteiger charge is -2.17. The van der Waals surface area contributed by atoms with Gasteiger partial charge in [0.2, 0.25) is 0 Å². The Labute approximate surface area is 141 Å². The molecule has 120 valence electrons. The molecule has 1 atom stereocenters. The maximum absolute atomic E-state index is 10.6. The summed E-state index contributed by atoms with van der Waals surface area (Å²) < 4.78 is 2.42. The summed E-state index contributed by atoms with van der Waals surface area (Å²) in [4.78, 5) is 4.80. The Hall–Kier alpha value is -2.55. The molecule has 0 bridgehead atoms. The standard InChI is InChI=1S/C21H20N2O/c1-12-6-7-14-15-8-9-22-17-11-19(23(20(15)17)18(14)10-12)16-5-3-4-13(2)21(16)24/h3-7,10,19,24H,8-9,11H2,1-2H3. The van der Waals surface area contributed by atoms with Gasteiger partial charge in [-0.25, -0.2) is 0 Å². The predicted octanol–water partition coefficient (Wildman–Crippen LogP) is 4.30. The summed E-state index contributed by atoms with van der Waals surface area (Å²) in [6, 6.07) is 12.9. The van der Waals surface area contributed by atoms with E-state index in [9.17, 15) is 5.11 Å². The van der Waals surface area contributed by atoms with Crippen molar-refractivity contribution in [1.29, 1.82) is 0 Å². The Balaban J connectivity index is 1.85. The molecule has 1 N–H and O–H groups in total. The van der Waals surface area contributed by atoms with Crippen LogP contribution in [-0.2, 0) is 6.42 Å². The van der Waals surface area contributed by atoms with E-state index in [1.54, 1.807) is 0 Å². The average molecular weight is 316 g/mol. The van der Waals surface area contributed by atoms with Gasteiger partial charge in [-0.2, -0.15) is 0 Å². The average Bonchev–Trinajstić information content (AvgIpc) is 3.11. The van der Waals surface area contributed by atoms with E-state index in [0.29, 0.717) is 5.75 Å². The highest BCUT2D eigenvalue weighted by atomic mass is 16.3. The van der Waals surface area contributed by atoms with E-state index >= 15 is 0 Å². The number of aromatic hydroxyl groups is 1.